The summed E-state index contributed by atoms with van der Waals surface area (Å²) in [4.78, 5) is 28.2. The molecule has 1 aliphatic heterocycles. The SMILES string of the molecule is Cc1cc2c(cc1C(F)(F)F)N(C(=O)OC1CCC(C(=O)O)CC1)CCCC2N(Cc1cc(C(F)(F)F)cc(C(F)(F)F)c1)c1nnn(C)n1. The molecule has 5 rings (SSSR count). The van der Waals surface area contributed by atoms with E-state index in [0.717, 1.165) is 15.8 Å². The number of benzene rings is 2. The molecule has 1 aromatic heterocycles. The van der Waals surface area contributed by atoms with E-state index in [1.807, 2.05) is 0 Å². The van der Waals surface area contributed by atoms with Gasteiger partial charge in [-0.2, -0.15) is 44.3 Å². The number of hydrogen-bond acceptors (Lipinski definition) is 7. The van der Waals surface area contributed by atoms with Crippen molar-refractivity contribution >= 4 is 23.7 Å². The van der Waals surface area contributed by atoms with Crippen LogP contribution in [0.1, 0.15) is 77.9 Å². The standard InChI is InChI=1S/C31H31F9N6O4/c1-16-10-22-24(46(27-41-43-44(2)42-27)15-17-11-19(29(32,33)34)13-20(12-17)30(35,36)37)4-3-9-45(25(22)14-23(16)31(38,39)40)28(49)50-21-7-5-18(6-8-21)26(47)48/h10-14,18,21,24H,3-9,15H2,1-2H3,(H,47,48). The number of tetrazole rings is 1. The van der Waals surface area contributed by atoms with E-state index in [0.29, 0.717) is 12.1 Å². The van der Waals surface area contributed by atoms with Crippen molar-refractivity contribution in [3.8, 4) is 0 Å². The smallest absolute Gasteiger partial charge is 0.416 e. The van der Waals surface area contributed by atoms with Gasteiger partial charge in [0.2, 0.25) is 0 Å². The molecule has 0 spiro atoms. The van der Waals surface area contributed by atoms with Gasteiger partial charge >= 0.3 is 30.6 Å². The molecule has 1 saturated carbocycles. The lowest BCUT2D eigenvalue weighted by molar-refractivity contribution is -0.144. The molecule has 1 aliphatic carbocycles. The van der Waals surface area contributed by atoms with Gasteiger partial charge in [0.1, 0.15) is 6.10 Å². The first-order valence-electron chi connectivity index (χ1n) is 15.4. The normalized spacial score (nSPS) is 20.2. The summed E-state index contributed by atoms with van der Waals surface area (Å²) in [5, 5.41) is 21.0. The number of anilines is 2. The monoisotopic (exact) mass is 722 g/mol. The molecule has 1 N–H and O–H groups in total. The molecule has 2 aromatic carbocycles. The lowest BCUT2D eigenvalue weighted by Gasteiger charge is -2.33. The molecular formula is C31H31F9N6O4. The van der Waals surface area contributed by atoms with Crippen molar-refractivity contribution in [2.24, 2.45) is 13.0 Å². The lowest BCUT2D eigenvalue weighted by atomic mass is 9.87. The van der Waals surface area contributed by atoms with Crippen LogP contribution in [0.4, 0.5) is 55.9 Å². The fraction of sp³-hybridized carbons (Fsp3) is 0.516. The van der Waals surface area contributed by atoms with E-state index in [9.17, 15) is 54.2 Å². The Morgan fingerprint density at radius 1 is 0.900 bits per heavy atom. The Bertz CT molecular complexity index is 1700. The van der Waals surface area contributed by atoms with Crippen molar-refractivity contribution in [3.63, 3.8) is 0 Å². The van der Waals surface area contributed by atoms with E-state index in [4.69, 9.17) is 4.74 Å². The maximum atomic E-state index is 14.2. The maximum absolute atomic E-state index is 14.2. The van der Waals surface area contributed by atoms with Crippen molar-refractivity contribution in [1.29, 1.82) is 0 Å². The molecule has 1 fully saturated rings. The van der Waals surface area contributed by atoms with Crippen molar-refractivity contribution in [2.75, 3.05) is 16.3 Å². The van der Waals surface area contributed by atoms with Crippen LogP contribution in [0.15, 0.2) is 30.3 Å². The predicted molar refractivity (Wildman–Crippen MR) is 157 cm³/mol. The second-order valence-corrected chi connectivity index (χ2v) is 12.3. The Labute approximate surface area is 278 Å². The van der Waals surface area contributed by atoms with E-state index < -0.39 is 77.5 Å². The molecule has 0 saturated heterocycles. The molecule has 3 aromatic rings. The third kappa shape index (κ3) is 8.07. The van der Waals surface area contributed by atoms with Crippen LogP contribution in [0, 0.1) is 12.8 Å². The third-order valence-electron chi connectivity index (χ3n) is 8.83. The first-order valence-corrected chi connectivity index (χ1v) is 15.4. The number of hydrogen-bond donors (Lipinski definition) is 1. The molecule has 2 aliphatic rings. The van der Waals surface area contributed by atoms with Gasteiger partial charge in [-0.05, 0) is 91.6 Å². The average Bonchev–Trinajstić information content (AvgIpc) is 3.36. The number of rotatable bonds is 6. The maximum Gasteiger partial charge on any atom is 0.416 e. The zero-order valence-corrected chi connectivity index (χ0v) is 26.5. The second-order valence-electron chi connectivity index (χ2n) is 12.3. The van der Waals surface area contributed by atoms with Crippen molar-refractivity contribution < 1.29 is 58.9 Å². The number of ether oxygens (including phenoxy) is 1. The fourth-order valence-electron chi connectivity index (χ4n) is 6.41. The molecule has 0 radical (unpaired) electrons. The number of aromatic nitrogens is 4. The predicted octanol–water partition coefficient (Wildman–Crippen LogP) is 7.70. The van der Waals surface area contributed by atoms with E-state index in [-0.39, 0.29) is 73.9 Å². The Hall–Kier alpha value is -4.58. The molecule has 19 heteroatoms. The number of alkyl halides is 9. The summed E-state index contributed by atoms with van der Waals surface area (Å²) in [6.07, 6.45) is -15.8. The molecule has 0 bridgehead atoms. The molecule has 50 heavy (non-hydrogen) atoms. The van der Waals surface area contributed by atoms with Gasteiger partial charge in [0.05, 0.1) is 41.4 Å². The highest BCUT2D eigenvalue weighted by Gasteiger charge is 2.41. The van der Waals surface area contributed by atoms with Crippen LogP contribution in [-0.2, 0) is 41.7 Å². The zero-order chi connectivity index (χ0) is 36.8. The number of nitrogens with zero attached hydrogens (tertiary/aromatic N) is 6. The largest absolute Gasteiger partial charge is 0.481 e. The van der Waals surface area contributed by atoms with Gasteiger partial charge in [-0.3, -0.25) is 9.69 Å². The van der Waals surface area contributed by atoms with Gasteiger partial charge < -0.3 is 14.7 Å². The Kier molecular flexibility index (Phi) is 9.99. The molecule has 1 amide bonds. The summed E-state index contributed by atoms with van der Waals surface area (Å²) in [6, 6.07) is 1.93. The number of carbonyl (C=O) groups excluding carboxylic acids is 1. The van der Waals surface area contributed by atoms with Crippen LogP contribution in [0.3, 0.4) is 0 Å². The summed E-state index contributed by atoms with van der Waals surface area (Å²) in [6.45, 7) is 0.374. The third-order valence-corrected chi connectivity index (χ3v) is 8.83. The minimum atomic E-state index is -5.14. The Morgan fingerprint density at radius 2 is 1.52 bits per heavy atom. The fourth-order valence-corrected chi connectivity index (χ4v) is 6.41. The highest BCUT2D eigenvalue weighted by molar-refractivity contribution is 5.89. The van der Waals surface area contributed by atoms with Crippen LogP contribution < -0.4 is 9.80 Å². The van der Waals surface area contributed by atoms with Crippen LogP contribution >= 0.6 is 0 Å². The van der Waals surface area contributed by atoms with Crippen LogP contribution in [-0.4, -0.2) is 50.0 Å². The van der Waals surface area contributed by atoms with E-state index in [1.165, 1.54) is 24.9 Å². The van der Waals surface area contributed by atoms with E-state index in [2.05, 4.69) is 15.4 Å². The van der Waals surface area contributed by atoms with E-state index in [1.54, 1.807) is 0 Å². The van der Waals surface area contributed by atoms with Gasteiger partial charge in [-0.25, -0.2) is 4.79 Å². The first kappa shape index (κ1) is 36.7. The summed E-state index contributed by atoms with van der Waals surface area (Å²) in [7, 11) is 1.36. The number of aliphatic carboxylic acids is 1. The molecule has 2 heterocycles. The van der Waals surface area contributed by atoms with Crippen LogP contribution in [0.2, 0.25) is 0 Å². The van der Waals surface area contributed by atoms with Gasteiger partial charge in [-0.1, -0.05) is 11.2 Å². The number of carboxylic acids is 1. The van der Waals surface area contributed by atoms with Gasteiger partial charge in [0.25, 0.3) is 5.95 Å². The van der Waals surface area contributed by atoms with E-state index >= 15 is 0 Å². The molecule has 1 atom stereocenters. The number of aryl methyl sites for hydroxylation is 2. The number of carboxylic acid groups (broad SMARTS) is 1. The summed E-state index contributed by atoms with van der Waals surface area (Å²) in [5.74, 6) is -1.84. The topological polar surface area (TPSA) is 114 Å². The minimum absolute atomic E-state index is 0.0188. The van der Waals surface area contributed by atoms with Crippen molar-refractivity contribution in [1.82, 2.24) is 20.2 Å². The molecule has 10 nitrogen and oxygen atoms in total. The molecule has 1 unspecified atom stereocenters. The quantitative estimate of drug-likeness (QED) is 0.258. The average molecular weight is 723 g/mol. The highest BCUT2D eigenvalue weighted by Crippen LogP contribution is 2.45. The Morgan fingerprint density at radius 3 is 2.04 bits per heavy atom. The van der Waals surface area contributed by atoms with Crippen LogP contribution in [0.25, 0.3) is 0 Å². The highest BCUT2D eigenvalue weighted by atomic mass is 19.4. The number of fused-ring (bicyclic) bond motifs is 1. The number of amides is 1. The molecular weight excluding hydrogens is 691 g/mol. The van der Waals surface area contributed by atoms with Gasteiger partial charge in [0.15, 0.2) is 0 Å². The Balaban J connectivity index is 1.59. The molecule has 272 valence electrons. The zero-order valence-electron chi connectivity index (χ0n) is 26.5. The van der Waals surface area contributed by atoms with Crippen LogP contribution in [0.5, 0.6) is 0 Å². The van der Waals surface area contributed by atoms with Gasteiger partial charge in [-0.15, -0.1) is 5.10 Å². The van der Waals surface area contributed by atoms with Crippen molar-refractivity contribution in [3.05, 3.63) is 63.7 Å². The number of carbonyl (C=O) groups is 2. The first-order chi connectivity index (χ1) is 23.2. The number of halogens is 9. The minimum Gasteiger partial charge on any atom is -0.481 e. The lowest BCUT2D eigenvalue weighted by Crippen LogP contribution is -2.37. The summed E-state index contributed by atoms with van der Waals surface area (Å²) < 4.78 is 131. The van der Waals surface area contributed by atoms with Crippen molar-refractivity contribution in [2.45, 2.75) is 82.7 Å². The summed E-state index contributed by atoms with van der Waals surface area (Å²) >= 11 is 0. The van der Waals surface area contributed by atoms with Gasteiger partial charge in [0, 0.05) is 13.1 Å². The summed E-state index contributed by atoms with van der Waals surface area (Å²) in [5.41, 5.74) is -5.04. The second kappa shape index (κ2) is 13.6.